The summed E-state index contributed by atoms with van der Waals surface area (Å²) in [5, 5.41) is 0.522. The molecular formula is C11H13ClN2O2. The molecule has 16 heavy (non-hydrogen) atoms. The summed E-state index contributed by atoms with van der Waals surface area (Å²) in [4.78, 5) is 13.7. The topological polar surface area (TPSA) is 55.6 Å². The zero-order valence-electron chi connectivity index (χ0n) is 8.94. The predicted octanol–water partition coefficient (Wildman–Crippen LogP) is 1.13. The molecule has 1 heterocycles. The molecule has 1 saturated heterocycles. The van der Waals surface area contributed by atoms with Crippen LogP contribution in [0.5, 0.6) is 5.75 Å². The summed E-state index contributed by atoms with van der Waals surface area (Å²) in [5.74, 6) is 0.455. The van der Waals surface area contributed by atoms with Crippen LogP contribution in [-0.2, 0) is 0 Å². The number of carbonyl (C=O) groups excluding carboxylic acids is 1. The zero-order valence-corrected chi connectivity index (χ0v) is 9.70. The van der Waals surface area contributed by atoms with Crippen molar-refractivity contribution in [3.05, 3.63) is 28.8 Å². The van der Waals surface area contributed by atoms with E-state index in [-0.39, 0.29) is 11.9 Å². The molecule has 5 heteroatoms. The van der Waals surface area contributed by atoms with Gasteiger partial charge in [0.15, 0.2) is 0 Å². The predicted molar refractivity (Wildman–Crippen MR) is 61.9 cm³/mol. The fourth-order valence-electron chi connectivity index (χ4n) is 1.70. The Kier molecular flexibility index (Phi) is 3.03. The number of ether oxygens (including phenoxy) is 1. The number of halogens is 1. The quantitative estimate of drug-likeness (QED) is 0.843. The number of likely N-dealkylation sites (tertiary alicyclic amines) is 1. The molecule has 0 bridgehead atoms. The van der Waals surface area contributed by atoms with E-state index in [1.807, 2.05) is 0 Å². The minimum atomic E-state index is -0.0824. The SMILES string of the molecule is COc1ccc(Cl)cc1C(=O)N1CC(N)C1. The van der Waals surface area contributed by atoms with Crippen LogP contribution >= 0.6 is 11.6 Å². The molecule has 1 fully saturated rings. The number of amides is 1. The molecule has 0 aliphatic carbocycles. The number of rotatable bonds is 2. The van der Waals surface area contributed by atoms with Crippen LogP contribution in [0, 0.1) is 0 Å². The van der Waals surface area contributed by atoms with E-state index in [1.54, 1.807) is 23.1 Å². The van der Waals surface area contributed by atoms with Gasteiger partial charge in [-0.1, -0.05) is 11.6 Å². The van der Waals surface area contributed by atoms with Gasteiger partial charge in [-0.15, -0.1) is 0 Å². The number of carbonyl (C=O) groups is 1. The van der Waals surface area contributed by atoms with Gasteiger partial charge < -0.3 is 15.4 Å². The van der Waals surface area contributed by atoms with Crippen molar-refractivity contribution in [1.29, 1.82) is 0 Å². The molecule has 0 atom stereocenters. The third-order valence-electron chi connectivity index (χ3n) is 2.59. The minimum Gasteiger partial charge on any atom is -0.496 e. The van der Waals surface area contributed by atoms with Crippen LogP contribution in [0.3, 0.4) is 0 Å². The van der Waals surface area contributed by atoms with E-state index in [2.05, 4.69) is 0 Å². The fraction of sp³-hybridized carbons (Fsp3) is 0.364. The Morgan fingerprint density at radius 1 is 1.56 bits per heavy atom. The van der Waals surface area contributed by atoms with Crippen molar-refractivity contribution in [3.8, 4) is 5.75 Å². The lowest BCUT2D eigenvalue weighted by Crippen LogP contribution is -2.57. The first-order valence-electron chi connectivity index (χ1n) is 5.00. The van der Waals surface area contributed by atoms with Crippen molar-refractivity contribution >= 4 is 17.5 Å². The highest BCUT2D eigenvalue weighted by molar-refractivity contribution is 6.31. The monoisotopic (exact) mass is 240 g/mol. The molecule has 1 aromatic carbocycles. The van der Waals surface area contributed by atoms with Crippen molar-refractivity contribution in [1.82, 2.24) is 4.90 Å². The van der Waals surface area contributed by atoms with Gasteiger partial charge in [-0.2, -0.15) is 0 Å². The summed E-state index contributed by atoms with van der Waals surface area (Å²) in [7, 11) is 1.53. The first kappa shape index (κ1) is 11.2. The molecule has 0 saturated carbocycles. The van der Waals surface area contributed by atoms with E-state index in [1.165, 1.54) is 7.11 Å². The lowest BCUT2D eigenvalue weighted by atomic mass is 10.1. The zero-order chi connectivity index (χ0) is 11.7. The van der Waals surface area contributed by atoms with Crippen molar-refractivity contribution in [3.63, 3.8) is 0 Å². The van der Waals surface area contributed by atoms with Crippen LogP contribution in [0.4, 0.5) is 0 Å². The standard InChI is InChI=1S/C11H13ClN2O2/c1-16-10-3-2-7(12)4-9(10)11(15)14-5-8(13)6-14/h2-4,8H,5-6,13H2,1H3. The highest BCUT2D eigenvalue weighted by Crippen LogP contribution is 2.25. The number of methoxy groups -OCH3 is 1. The maximum Gasteiger partial charge on any atom is 0.257 e. The Labute approximate surface area is 98.9 Å². The van der Waals surface area contributed by atoms with Gasteiger partial charge in [0.25, 0.3) is 5.91 Å². The molecule has 0 spiro atoms. The average Bonchev–Trinajstić information content (AvgIpc) is 2.24. The largest absolute Gasteiger partial charge is 0.496 e. The third kappa shape index (κ3) is 1.99. The second-order valence-corrected chi connectivity index (χ2v) is 4.25. The summed E-state index contributed by atoms with van der Waals surface area (Å²) in [6.45, 7) is 1.18. The number of nitrogens with two attached hydrogens (primary N) is 1. The number of nitrogens with zero attached hydrogens (tertiary/aromatic N) is 1. The van der Waals surface area contributed by atoms with E-state index >= 15 is 0 Å². The molecule has 1 amide bonds. The van der Waals surface area contributed by atoms with Crippen LogP contribution in [0.25, 0.3) is 0 Å². The number of hydrogen-bond acceptors (Lipinski definition) is 3. The van der Waals surface area contributed by atoms with Gasteiger partial charge in [-0.05, 0) is 18.2 Å². The van der Waals surface area contributed by atoms with Gasteiger partial charge in [0.05, 0.1) is 12.7 Å². The van der Waals surface area contributed by atoms with E-state index in [9.17, 15) is 4.79 Å². The smallest absolute Gasteiger partial charge is 0.257 e. The van der Waals surface area contributed by atoms with Gasteiger partial charge in [0.1, 0.15) is 5.75 Å². The van der Waals surface area contributed by atoms with Crippen molar-refractivity contribution in [2.45, 2.75) is 6.04 Å². The van der Waals surface area contributed by atoms with Gasteiger partial charge in [0, 0.05) is 24.2 Å². The number of hydrogen-bond donors (Lipinski definition) is 1. The van der Waals surface area contributed by atoms with Gasteiger partial charge >= 0.3 is 0 Å². The second-order valence-electron chi connectivity index (χ2n) is 3.81. The molecule has 0 unspecified atom stereocenters. The molecule has 86 valence electrons. The Morgan fingerprint density at radius 2 is 2.25 bits per heavy atom. The van der Waals surface area contributed by atoms with Crippen molar-refractivity contribution < 1.29 is 9.53 Å². The molecule has 0 aromatic heterocycles. The van der Waals surface area contributed by atoms with Gasteiger partial charge in [-0.3, -0.25) is 4.79 Å². The highest BCUT2D eigenvalue weighted by atomic mass is 35.5. The van der Waals surface area contributed by atoms with E-state index in [0.717, 1.165) is 0 Å². The molecule has 4 nitrogen and oxygen atoms in total. The van der Waals surface area contributed by atoms with Crippen LogP contribution in [0.1, 0.15) is 10.4 Å². The van der Waals surface area contributed by atoms with Crippen LogP contribution in [0.2, 0.25) is 5.02 Å². The number of benzene rings is 1. The Bertz CT molecular complexity index is 416. The van der Waals surface area contributed by atoms with Crippen LogP contribution < -0.4 is 10.5 Å². The summed E-state index contributed by atoms with van der Waals surface area (Å²) in [6.07, 6.45) is 0. The maximum absolute atomic E-state index is 12.0. The van der Waals surface area contributed by atoms with Crippen LogP contribution in [-0.4, -0.2) is 37.0 Å². The summed E-state index contributed by atoms with van der Waals surface area (Å²) >= 11 is 5.86. The third-order valence-corrected chi connectivity index (χ3v) is 2.82. The van der Waals surface area contributed by atoms with Crippen molar-refractivity contribution in [2.24, 2.45) is 5.73 Å². The van der Waals surface area contributed by atoms with E-state index < -0.39 is 0 Å². The summed E-state index contributed by atoms with van der Waals surface area (Å²) < 4.78 is 5.13. The average molecular weight is 241 g/mol. The molecule has 2 N–H and O–H groups in total. The summed E-state index contributed by atoms with van der Waals surface area (Å²) in [6, 6.07) is 5.09. The van der Waals surface area contributed by atoms with E-state index in [0.29, 0.717) is 29.4 Å². The Balaban J connectivity index is 2.24. The Morgan fingerprint density at radius 3 is 2.81 bits per heavy atom. The second kappa shape index (κ2) is 4.31. The minimum absolute atomic E-state index is 0.0824. The van der Waals surface area contributed by atoms with Crippen molar-refractivity contribution in [2.75, 3.05) is 20.2 Å². The molecule has 1 aromatic rings. The molecular weight excluding hydrogens is 228 g/mol. The molecule has 1 aliphatic rings. The summed E-state index contributed by atoms with van der Waals surface area (Å²) in [5.41, 5.74) is 6.12. The first-order chi connectivity index (χ1) is 7.61. The van der Waals surface area contributed by atoms with E-state index in [4.69, 9.17) is 22.1 Å². The maximum atomic E-state index is 12.0. The highest BCUT2D eigenvalue weighted by Gasteiger charge is 2.29. The lowest BCUT2D eigenvalue weighted by molar-refractivity contribution is 0.0604. The fourth-order valence-corrected chi connectivity index (χ4v) is 1.87. The Hall–Kier alpha value is -1.26. The van der Waals surface area contributed by atoms with Gasteiger partial charge in [-0.25, -0.2) is 0 Å². The van der Waals surface area contributed by atoms with Gasteiger partial charge in [0.2, 0.25) is 0 Å². The lowest BCUT2D eigenvalue weighted by Gasteiger charge is -2.37. The molecule has 0 radical (unpaired) electrons. The molecule has 2 rings (SSSR count). The normalized spacial score (nSPS) is 15.8. The molecule has 1 aliphatic heterocycles. The first-order valence-corrected chi connectivity index (χ1v) is 5.38. The van der Waals surface area contributed by atoms with Crippen LogP contribution in [0.15, 0.2) is 18.2 Å².